The average molecular weight is 541 g/mol. The van der Waals surface area contributed by atoms with Crippen molar-refractivity contribution in [2.45, 2.75) is 58.4 Å². The summed E-state index contributed by atoms with van der Waals surface area (Å²) in [6.45, 7) is 5.81. The number of rotatable bonds is 14. The van der Waals surface area contributed by atoms with Crippen LogP contribution in [0.3, 0.4) is 0 Å². The minimum Gasteiger partial charge on any atom is -0.466 e. The first-order valence-corrected chi connectivity index (χ1v) is 12.8. The van der Waals surface area contributed by atoms with Crippen molar-refractivity contribution in [3.05, 3.63) is 65.6 Å². The van der Waals surface area contributed by atoms with Crippen LogP contribution in [0.25, 0.3) is 5.65 Å². The summed E-state index contributed by atoms with van der Waals surface area (Å²) in [5.41, 5.74) is 6.98. The van der Waals surface area contributed by atoms with Crippen LogP contribution in [0.5, 0.6) is 0 Å². The SMILES string of the molecule is CCC(=O)OCCCNC(=O)OCc1cccc2nnc([C@@H](COCc3ccccc3)NC(=O)C(C)(C)N)n12. The third-order valence-corrected chi connectivity index (χ3v) is 5.63. The van der Waals surface area contributed by atoms with E-state index in [0.29, 0.717) is 43.2 Å². The minimum atomic E-state index is -1.13. The fourth-order valence-electron chi connectivity index (χ4n) is 3.50. The first-order chi connectivity index (χ1) is 18.7. The molecule has 0 aliphatic rings. The zero-order valence-corrected chi connectivity index (χ0v) is 22.5. The number of aromatic nitrogens is 3. The maximum absolute atomic E-state index is 12.8. The Morgan fingerprint density at radius 2 is 1.79 bits per heavy atom. The molecule has 2 aromatic heterocycles. The largest absolute Gasteiger partial charge is 0.466 e. The van der Waals surface area contributed by atoms with Gasteiger partial charge in [0.2, 0.25) is 5.91 Å². The molecule has 3 rings (SSSR count). The highest BCUT2D eigenvalue weighted by molar-refractivity contribution is 5.85. The van der Waals surface area contributed by atoms with Crippen LogP contribution in [-0.2, 0) is 37.0 Å². The number of alkyl carbamates (subject to hydrolysis) is 1. The second-order valence-corrected chi connectivity index (χ2v) is 9.45. The van der Waals surface area contributed by atoms with Crippen molar-refractivity contribution >= 4 is 23.6 Å². The summed E-state index contributed by atoms with van der Waals surface area (Å²) in [5.74, 6) is -0.260. The number of benzene rings is 1. The van der Waals surface area contributed by atoms with Crippen molar-refractivity contribution in [3.8, 4) is 0 Å². The van der Waals surface area contributed by atoms with Crippen molar-refractivity contribution in [3.63, 3.8) is 0 Å². The molecular weight excluding hydrogens is 504 g/mol. The maximum Gasteiger partial charge on any atom is 0.407 e. The van der Waals surface area contributed by atoms with Crippen LogP contribution in [0.2, 0.25) is 0 Å². The van der Waals surface area contributed by atoms with E-state index < -0.39 is 17.7 Å². The Kier molecular flexibility index (Phi) is 10.8. The maximum atomic E-state index is 12.8. The van der Waals surface area contributed by atoms with Crippen molar-refractivity contribution in [1.82, 2.24) is 25.2 Å². The van der Waals surface area contributed by atoms with Crippen LogP contribution in [0.1, 0.15) is 56.7 Å². The Balaban J connectivity index is 1.70. The number of nitrogens with one attached hydrogen (secondary N) is 2. The fraction of sp³-hybridized carbons (Fsp3) is 0.444. The number of carbonyl (C=O) groups excluding carboxylic acids is 3. The normalized spacial score (nSPS) is 12.1. The molecule has 2 amide bonds. The number of nitrogens with two attached hydrogens (primary N) is 1. The van der Waals surface area contributed by atoms with E-state index in [-0.39, 0.29) is 31.7 Å². The van der Waals surface area contributed by atoms with Crippen LogP contribution in [0, 0.1) is 0 Å². The zero-order valence-electron chi connectivity index (χ0n) is 22.5. The summed E-state index contributed by atoms with van der Waals surface area (Å²) in [5, 5.41) is 14.1. The summed E-state index contributed by atoms with van der Waals surface area (Å²) >= 11 is 0. The van der Waals surface area contributed by atoms with Gasteiger partial charge in [-0.2, -0.15) is 0 Å². The first-order valence-electron chi connectivity index (χ1n) is 12.8. The third-order valence-electron chi connectivity index (χ3n) is 5.63. The quantitative estimate of drug-likeness (QED) is 0.206. The number of esters is 1. The third kappa shape index (κ3) is 9.04. The number of amides is 2. The summed E-state index contributed by atoms with van der Waals surface area (Å²) < 4.78 is 18.0. The highest BCUT2D eigenvalue weighted by Gasteiger charge is 2.28. The van der Waals surface area contributed by atoms with Gasteiger partial charge in [0, 0.05) is 13.0 Å². The second-order valence-electron chi connectivity index (χ2n) is 9.45. The minimum absolute atomic E-state index is 0.0764. The number of nitrogens with zero attached hydrogens (tertiary/aromatic N) is 3. The molecule has 0 saturated carbocycles. The topological polar surface area (TPSA) is 159 Å². The summed E-state index contributed by atoms with van der Waals surface area (Å²) in [4.78, 5) is 36.2. The molecule has 0 unspecified atom stereocenters. The molecule has 210 valence electrons. The molecule has 0 saturated heterocycles. The lowest BCUT2D eigenvalue weighted by Gasteiger charge is -2.24. The molecule has 0 spiro atoms. The Hall–Kier alpha value is -4.03. The zero-order chi connectivity index (χ0) is 28.3. The van der Waals surface area contributed by atoms with Gasteiger partial charge < -0.3 is 30.6 Å². The predicted octanol–water partition coefficient (Wildman–Crippen LogP) is 2.41. The van der Waals surface area contributed by atoms with Crippen molar-refractivity contribution in [2.24, 2.45) is 5.73 Å². The monoisotopic (exact) mass is 540 g/mol. The molecular formula is C27H36N6O6. The van der Waals surface area contributed by atoms with Gasteiger partial charge in [-0.3, -0.25) is 14.0 Å². The molecule has 1 atom stereocenters. The molecule has 0 bridgehead atoms. The number of hydrogen-bond donors (Lipinski definition) is 3. The van der Waals surface area contributed by atoms with E-state index in [4.69, 9.17) is 19.9 Å². The number of ether oxygens (including phenoxy) is 3. The number of pyridine rings is 1. The first kappa shape index (κ1) is 29.5. The Morgan fingerprint density at radius 3 is 2.51 bits per heavy atom. The lowest BCUT2D eigenvalue weighted by Crippen LogP contribution is -2.51. The van der Waals surface area contributed by atoms with Gasteiger partial charge in [-0.05, 0) is 38.0 Å². The Morgan fingerprint density at radius 1 is 1.03 bits per heavy atom. The summed E-state index contributed by atoms with van der Waals surface area (Å²) in [6, 6.07) is 14.3. The summed E-state index contributed by atoms with van der Waals surface area (Å²) in [7, 11) is 0. The molecule has 3 aromatic rings. The molecule has 0 aliphatic carbocycles. The van der Waals surface area contributed by atoms with Crippen molar-refractivity contribution < 1.29 is 28.6 Å². The second kappa shape index (κ2) is 14.2. The van der Waals surface area contributed by atoms with Gasteiger partial charge in [0.25, 0.3) is 0 Å². The Labute approximate surface area is 227 Å². The van der Waals surface area contributed by atoms with Gasteiger partial charge in [0.1, 0.15) is 12.6 Å². The molecule has 2 heterocycles. The van der Waals surface area contributed by atoms with Crippen LogP contribution >= 0.6 is 0 Å². The molecule has 0 radical (unpaired) electrons. The molecule has 12 heteroatoms. The van der Waals surface area contributed by atoms with E-state index in [1.807, 2.05) is 30.3 Å². The standard InChI is InChI=1S/C27H36N6O6/c1-4-23(34)38-15-9-14-29-26(36)39-17-20-12-8-13-22-31-32-24(33(20)22)21(30-25(35)27(2,3)28)18-37-16-19-10-6-5-7-11-19/h5-8,10-13,21H,4,9,14-18,28H2,1-3H3,(H,29,36)(H,30,35)/t21-/m1/s1. The van der Waals surface area contributed by atoms with Gasteiger partial charge in [0.15, 0.2) is 11.5 Å². The molecule has 0 fully saturated rings. The fourth-order valence-corrected chi connectivity index (χ4v) is 3.50. The van der Waals surface area contributed by atoms with E-state index in [1.165, 1.54) is 0 Å². The van der Waals surface area contributed by atoms with E-state index >= 15 is 0 Å². The number of fused-ring (bicyclic) bond motifs is 1. The number of carbonyl (C=O) groups is 3. The van der Waals surface area contributed by atoms with Gasteiger partial charge >= 0.3 is 12.1 Å². The van der Waals surface area contributed by atoms with Crippen molar-refractivity contribution in [2.75, 3.05) is 19.8 Å². The highest BCUT2D eigenvalue weighted by Crippen LogP contribution is 2.18. The molecule has 39 heavy (non-hydrogen) atoms. The molecule has 4 N–H and O–H groups in total. The van der Waals surface area contributed by atoms with E-state index in [1.54, 1.807) is 43.4 Å². The molecule has 12 nitrogen and oxygen atoms in total. The lowest BCUT2D eigenvalue weighted by molar-refractivity contribution is -0.143. The average Bonchev–Trinajstić information content (AvgIpc) is 3.35. The van der Waals surface area contributed by atoms with Crippen LogP contribution in [0.4, 0.5) is 4.79 Å². The molecule has 0 aliphatic heterocycles. The lowest BCUT2D eigenvalue weighted by atomic mass is 10.1. The highest BCUT2D eigenvalue weighted by atomic mass is 16.5. The summed E-state index contributed by atoms with van der Waals surface area (Å²) in [6.07, 6.45) is 0.151. The van der Waals surface area contributed by atoms with Gasteiger partial charge in [-0.15, -0.1) is 10.2 Å². The van der Waals surface area contributed by atoms with Gasteiger partial charge in [0.05, 0.1) is 31.1 Å². The molecule has 1 aromatic carbocycles. The van der Waals surface area contributed by atoms with Gasteiger partial charge in [-0.1, -0.05) is 43.3 Å². The van der Waals surface area contributed by atoms with E-state index in [2.05, 4.69) is 20.8 Å². The van der Waals surface area contributed by atoms with E-state index in [9.17, 15) is 14.4 Å². The predicted molar refractivity (Wildman–Crippen MR) is 142 cm³/mol. The number of hydrogen-bond acceptors (Lipinski definition) is 9. The van der Waals surface area contributed by atoms with Gasteiger partial charge in [-0.25, -0.2) is 4.79 Å². The Bertz CT molecular complexity index is 1240. The van der Waals surface area contributed by atoms with E-state index in [0.717, 1.165) is 5.56 Å². The van der Waals surface area contributed by atoms with Crippen molar-refractivity contribution in [1.29, 1.82) is 0 Å². The van der Waals surface area contributed by atoms with Crippen LogP contribution < -0.4 is 16.4 Å². The van der Waals surface area contributed by atoms with Crippen LogP contribution in [-0.4, -0.2) is 57.9 Å². The van der Waals surface area contributed by atoms with Crippen LogP contribution in [0.15, 0.2) is 48.5 Å². The smallest absolute Gasteiger partial charge is 0.407 e.